The summed E-state index contributed by atoms with van der Waals surface area (Å²) in [4.78, 5) is 2.41. The van der Waals surface area contributed by atoms with E-state index in [9.17, 15) is 0 Å². The zero-order valence-electron chi connectivity index (χ0n) is 27.7. The summed E-state index contributed by atoms with van der Waals surface area (Å²) < 4.78 is 8.67. The molecule has 0 fully saturated rings. The molecule has 10 rings (SSSR count). The van der Waals surface area contributed by atoms with Crippen molar-refractivity contribution in [3.63, 3.8) is 0 Å². The van der Waals surface area contributed by atoms with E-state index in [1.807, 2.05) is 23.5 Å². The fourth-order valence-corrected chi connectivity index (χ4v) is 8.65. The predicted octanol–water partition coefficient (Wildman–Crippen LogP) is 14.4. The van der Waals surface area contributed by atoms with Crippen LogP contribution in [-0.2, 0) is 0 Å². The van der Waals surface area contributed by atoms with Gasteiger partial charge in [0, 0.05) is 37.6 Å². The molecule has 2 aromatic heterocycles. The first-order valence-electron chi connectivity index (χ1n) is 17.3. The molecule has 3 heteroatoms. The Labute approximate surface area is 300 Å². The van der Waals surface area contributed by atoms with Gasteiger partial charge in [0.15, 0.2) is 0 Å². The van der Waals surface area contributed by atoms with Crippen LogP contribution in [0.4, 0.5) is 17.1 Å². The Kier molecular flexibility index (Phi) is 7.04. The van der Waals surface area contributed by atoms with Gasteiger partial charge in [-0.05, 0) is 88.0 Å². The van der Waals surface area contributed by atoms with Crippen molar-refractivity contribution in [1.29, 1.82) is 0 Å². The van der Waals surface area contributed by atoms with Crippen molar-refractivity contribution in [3.05, 3.63) is 188 Å². The lowest BCUT2D eigenvalue weighted by atomic mass is 9.98. The molecule has 0 saturated carbocycles. The minimum Gasteiger partial charge on any atom is -0.456 e. The number of hydrogen-bond acceptors (Lipinski definition) is 3. The van der Waals surface area contributed by atoms with E-state index in [0.29, 0.717) is 0 Å². The number of nitrogens with zero attached hydrogens (tertiary/aromatic N) is 1. The number of anilines is 3. The van der Waals surface area contributed by atoms with Gasteiger partial charge in [0.2, 0.25) is 0 Å². The number of para-hydroxylation sites is 1. The molecule has 8 aromatic carbocycles. The summed E-state index contributed by atoms with van der Waals surface area (Å²) in [7, 11) is 0. The third kappa shape index (κ3) is 5.10. The van der Waals surface area contributed by atoms with E-state index in [2.05, 4.69) is 181 Å². The second-order valence-corrected chi connectivity index (χ2v) is 14.0. The molecular formula is C48H31NOS. The van der Waals surface area contributed by atoms with E-state index < -0.39 is 0 Å². The summed E-state index contributed by atoms with van der Waals surface area (Å²) in [6.07, 6.45) is 0. The normalized spacial score (nSPS) is 11.5. The van der Waals surface area contributed by atoms with E-state index in [1.54, 1.807) is 0 Å². The Morgan fingerprint density at radius 2 is 0.941 bits per heavy atom. The number of benzene rings is 8. The van der Waals surface area contributed by atoms with Crippen molar-refractivity contribution in [2.75, 3.05) is 4.90 Å². The first-order valence-corrected chi connectivity index (χ1v) is 18.1. The van der Waals surface area contributed by atoms with Crippen LogP contribution in [0.5, 0.6) is 0 Å². The van der Waals surface area contributed by atoms with Gasteiger partial charge in [-0.3, -0.25) is 0 Å². The Morgan fingerprint density at radius 3 is 1.67 bits per heavy atom. The fraction of sp³-hybridized carbons (Fsp3) is 0. The molecule has 0 unspecified atom stereocenters. The van der Waals surface area contributed by atoms with Gasteiger partial charge < -0.3 is 9.32 Å². The molecule has 0 radical (unpaired) electrons. The van der Waals surface area contributed by atoms with Crippen molar-refractivity contribution in [1.82, 2.24) is 0 Å². The largest absolute Gasteiger partial charge is 0.456 e. The molecule has 0 N–H and O–H groups in total. The zero-order chi connectivity index (χ0) is 33.7. The van der Waals surface area contributed by atoms with E-state index in [0.717, 1.165) is 44.6 Å². The molecule has 240 valence electrons. The highest BCUT2D eigenvalue weighted by atomic mass is 32.1. The van der Waals surface area contributed by atoms with Gasteiger partial charge in [0.25, 0.3) is 0 Å². The molecule has 51 heavy (non-hydrogen) atoms. The van der Waals surface area contributed by atoms with Crippen LogP contribution in [0.3, 0.4) is 0 Å². The summed E-state index contributed by atoms with van der Waals surface area (Å²) >= 11 is 1.87. The molecule has 2 nitrogen and oxygen atoms in total. The van der Waals surface area contributed by atoms with E-state index >= 15 is 0 Å². The highest BCUT2D eigenvalue weighted by Gasteiger charge is 2.21. The summed E-state index contributed by atoms with van der Waals surface area (Å²) in [5, 5.41) is 4.86. The maximum atomic E-state index is 6.12. The molecule has 0 aliphatic heterocycles. The molecule has 0 bridgehead atoms. The Balaban J connectivity index is 1.14. The van der Waals surface area contributed by atoms with Crippen LogP contribution in [0.15, 0.2) is 192 Å². The SMILES string of the molecule is c1ccc(-c2ccc(N(c3ccc(-c4ccc5oc6ccccc6c5c4)cc3)c3ccc(-c4ccccc4)c4c3sc3ccccc34)cc2)cc1. The lowest BCUT2D eigenvalue weighted by Crippen LogP contribution is -2.10. The number of furan rings is 1. The van der Waals surface area contributed by atoms with Gasteiger partial charge >= 0.3 is 0 Å². The molecule has 0 aliphatic carbocycles. The van der Waals surface area contributed by atoms with E-state index in [-0.39, 0.29) is 0 Å². The summed E-state index contributed by atoms with van der Waals surface area (Å²) in [6, 6.07) is 67.4. The molecule has 0 aliphatic rings. The van der Waals surface area contributed by atoms with Crippen LogP contribution < -0.4 is 4.90 Å². The van der Waals surface area contributed by atoms with Gasteiger partial charge in [-0.25, -0.2) is 0 Å². The first-order chi connectivity index (χ1) is 25.3. The topological polar surface area (TPSA) is 16.4 Å². The number of thiophene rings is 1. The second kappa shape index (κ2) is 12.2. The second-order valence-electron chi connectivity index (χ2n) is 12.9. The number of fused-ring (bicyclic) bond motifs is 6. The van der Waals surface area contributed by atoms with Crippen LogP contribution in [0.1, 0.15) is 0 Å². The van der Waals surface area contributed by atoms with Gasteiger partial charge in [-0.2, -0.15) is 0 Å². The maximum absolute atomic E-state index is 6.12. The van der Waals surface area contributed by atoms with Gasteiger partial charge in [-0.15, -0.1) is 11.3 Å². The highest BCUT2D eigenvalue weighted by Crippen LogP contribution is 2.48. The maximum Gasteiger partial charge on any atom is 0.135 e. The zero-order valence-corrected chi connectivity index (χ0v) is 28.5. The van der Waals surface area contributed by atoms with Crippen LogP contribution >= 0.6 is 11.3 Å². The summed E-state index contributed by atoms with van der Waals surface area (Å²) in [6.45, 7) is 0. The lowest BCUT2D eigenvalue weighted by Gasteiger charge is -2.27. The summed E-state index contributed by atoms with van der Waals surface area (Å²) in [5.74, 6) is 0. The highest BCUT2D eigenvalue weighted by molar-refractivity contribution is 7.26. The van der Waals surface area contributed by atoms with Crippen molar-refractivity contribution >= 4 is 70.5 Å². The predicted molar refractivity (Wildman–Crippen MR) is 218 cm³/mol. The quantitative estimate of drug-likeness (QED) is 0.175. The number of hydrogen-bond donors (Lipinski definition) is 0. The standard InChI is InChI=1S/C48H31NOS/c1-3-11-32(12-4-1)33-19-24-37(25-20-33)49(38-26-21-34(22-27-38)36-23-30-45-42(31-36)40-15-7-9-17-44(40)50-45)43-29-28-39(35-13-5-2-6-14-35)47-41-16-8-10-18-46(41)51-48(43)47/h1-31H. The molecule has 0 saturated heterocycles. The van der Waals surface area contributed by atoms with Crippen LogP contribution in [0, 0.1) is 0 Å². The van der Waals surface area contributed by atoms with Crippen LogP contribution in [0.25, 0.3) is 75.5 Å². The van der Waals surface area contributed by atoms with Crippen molar-refractivity contribution in [2.24, 2.45) is 0 Å². The molecular weight excluding hydrogens is 639 g/mol. The molecule has 0 spiro atoms. The average Bonchev–Trinajstić information content (AvgIpc) is 3.78. The third-order valence-corrected chi connectivity index (χ3v) is 11.1. The van der Waals surface area contributed by atoms with Crippen LogP contribution in [-0.4, -0.2) is 0 Å². The van der Waals surface area contributed by atoms with E-state index in [1.165, 1.54) is 48.0 Å². The van der Waals surface area contributed by atoms with E-state index in [4.69, 9.17) is 4.42 Å². The average molecular weight is 670 g/mol. The van der Waals surface area contributed by atoms with Crippen LogP contribution in [0.2, 0.25) is 0 Å². The number of rotatable bonds is 6. The Bertz CT molecular complexity index is 2830. The first kappa shape index (κ1) is 29.5. The van der Waals surface area contributed by atoms with Gasteiger partial charge in [-0.1, -0.05) is 133 Å². The lowest BCUT2D eigenvalue weighted by molar-refractivity contribution is 0.669. The van der Waals surface area contributed by atoms with Crippen molar-refractivity contribution in [2.45, 2.75) is 0 Å². The Morgan fingerprint density at radius 1 is 0.392 bits per heavy atom. The Hall–Kier alpha value is -6.42. The summed E-state index contributed by atoms with van der Waals surface area (Å²) in [5.41, 5.74) is 12.4. The smallest absolute Gasteiger partial charge is 0.135 e. The molecule has 10 aromatic rings. The minimum absolute atomic E-state index is 0.910. The van der Waals surface area contributed by atoms with Crippen molar-refractivity contribution < 1.29 is 4.42 Å². The molecule has 0 amide bonds. The molecule has 0 atom stereocenters. The van der Waals surface area contributed by atoms with Crippen molar-refractivity contribution in [3.8, 4) is 33.4 Å². The van der Waals surface area contributed by atoms with Gasteiger partial charge in [0.1, 0.15) is 11.2 Å². The monoisotopic (exact) mass is 669 g/mol. The minimum atomic E-state index is 0.910. The fourth-order valence-electron chi connectivity index (χ4n) is 7.42. The van der Waals surface area contributed by atoms with Gasteiger partial charge in [0.05, 0.1) is 10.4 Å². The molecule has 2 heterocycles. The third-order valence-electron chi connectivity index (χ3n) is 9.90.